The van der Waals surface area contributed by atoms with Crippen LogP contribution < -0.4 is 14.8 Å². The van der Waals surface area contributed by atoms with E-state index in [2.05, 4.69) is 5.32 Å². The number of carbonyl (C=O) groups excluding carboxylic acids is 2. The van der Waals surface area contributed by atoms with Crippen molar-refractivity contribution in [2.75, 3.05) is 25.1 Å². The molecule has 150 valence electrons. The fourth-order valence-electron chi connectivity index (χ4n) is 3.14. The molecule has 0 unspecified atom stereocenters. The zero-order valence-electron chi connectivity index (χ0n) is 16.3. The van der Waals surface area contributed by atoms with E-state index in [1.807, 2.05) is 36.1 Å². The van der Waals surface area contributed by atoms with Crippen molar-refractivity contribution < 1.29 is 19.1 Å². The van der Waals surface area contributed by atoms with Crippen LogP contribution in [0.4, 0.5) is 5.69 Å². The van der Waals surface area contributed by atoms with Crippen LogP contribution in [0, 0.1) is 11.3 Å². The van der Waals surface area contributed by atoms with Gasteiger partial charge in [0.1, 0.15) is 0 Å². The Kier molecular flexibility index (Phi) is 6.69. The highest BCUT2D eigenvalue weighted by atomic mass is 16.5. The first kappa shape index (κ1) is 20.2. The Morgan fingerprint density at radius 2 is 2.07 bits per heavy atom. The van der Waals surface area contributed by atoms with E-state index < -0.39 is 0 Å². The van der Waals surface area contributed by atoms with Crippen molar-refractivity contribution in [1.82, 2.24) is 4.90 Å². The van der Waals surface area contributed by atoms with Gasteiger partial charge in [-0.3, -0.25) is 9.59 Å². The number of hydrogen-bond acceptors (Lipinski definition) is 5. The zero-order chi connectivity index (χ0) is 20.6. The van der Waals surface area contributed by atoms with Crippen LogP contribution in [0.3, 0.4) is 0 Å². The zero-order valence-corrected chi connectivity index (χ0v) is 16.3. The molecule has 0 spiro atoms. The molecule has 1 saturated heterocycles. The lowest BCUT2D eigenvalue weighted by Crippen LogP contribution is -2.24. The Balaban J connectivity index is 1.58. The van der Waals surface area contributed by atoms with Crippen molar-refractivity contribution in [2.45, 2.75) is 26.3 Å². The van der Waals surface area contributed by atoms with Gasteiger partial charge in [0.2, 0.25) is 5.91 Å². The standard InChI is InChI=1S/C22H23N3O4/c1-2-28-20-12-16(13-23)8-9-19(20)29-15-21(26)24-18-6-3-5-17(11-18)14-25-10-4-7-22(25)27/h3,5-6,8-9,11-12H,2,4,7,10,14-15H2,1H3,(H,24,26). The molecule has 2 aromatic carbocycles. The van der Waals surface area contributed by atoms with Crippen molar-refractivity contribution >= 4 is 17.5 Å². The van der Waals surface area contributed by atoms with Crippen LogP contribution in [0.15, 0.2) is 42.5 Å². The van der Waals surface area contributed by atoms with E-state index in [-0.39, 0.29) is 18.4 Å². The summed E-state index contributed by atoms with van der Waals surface area (Å²) in [6, 6.07) is 14.3. The average molecular weight is 393 g/mol. The molecule has 1 fully saturated rings. The summed E-state index contributed by atoms with van der Waals surface area (Å²) in [4.78, 5) is 25.9. The van der Waals surface area contributed by atoms with Crippen LogP contribution in [0.5, 0.6) is 11.5 Å². The van der Waals surface area contributed by atoms with Gasteiger partial charge >= 0.3 is 0 Å². The molecule has 7 nitrogen and oxygen atoms in total. The van der Waals surface area contributed by atoms with E-state index in [0.717, 1.165) is 18.5 Å². The van der Waals surface area contributed by atoms with Crippen LogP contribution in [-0.4, -0.2) is 36.5 Å². The summed E-state index contributed by atoms with van der Waals surface area (Å²) in [5.41, 5.74) is 2.07. The largest absolute Gasteiger partial charge is 0.490 e. The molecule has 2 amide bonds. The molecule has 0 atom stereocenters. The molecule has 0 bridgehead atoms. The Bertz CT molecular complexity index is 936. The number of nitrogens with one attached hydrogen (secondary N) is 1. The first-order valence-electron chi connectivity index (χ1n) is 9.55. The second-order valence-corrected chi connectivity index (χ2v) is 6.66. The van der Waals surface area contributed by atoms with Gasteiger partial charge in [0, 0.05) is 31.3 Å². The number of hydrogen-bond donors (Lipinski definition) is 1. The number of nitrogens with zero attached hydrogens (tertiary/aromatic N) is 2. The van der Waals surface area contributed by atoms with E-state index in [0.29, 0.717) is 42.3 Å². The number of nitriles is 1. The van der Waals surface area contributed by atoms with Gasteiger partial charge < -0.3 is 19.7 Å². The SMILES string of the molecule is CCOc1cc(C#N)ccc1OCC(=O)Nc1cccc(CN2CCCC2=O)c1. The van der Waals surface area contributed by atoms with Gasteiger partial charge in [0.15, 0.2) is 18.1 Å². The van der Waals surface area contributed by atoms with Gasteiger partial charge in [-0.25, -0.2) is 0 Å². The van der Waals surface area contributed by atoms with Crippen molar-refractivity contribution in [3.05, 3.63) is 53.6 Å². The third-order valence-corrected chi connectivity index (χ3v) is 4.49. The maximum atomic E-state index is 12.3. The van der Waals surface area contributed by atoms with Crippen molar-refractivity contribution in [2.24, 2.45) is 0 Å². The third-order valence-electron chi connectivity index (χ3n) is 4.49. The van der Waals surface area contributed by atoms with E-state index in [9.17, 15) is 9.59 Å². The minimum absolute atomic E-state index is 0.167. The number of amides is 2. The molecular formula is C22H23N3O4. The van der Waals surface area contributed by atoms with Gasteiger partial charge in [-0.05, 0) is 43.2 Å². The maximum absolute atomic E-state index is 12.3. The van der Waals surface area contributed by atoms with Gasteiger partial charge in [-0.2, -0.15) is 5.26 Å². The molecule has 1 aliphatic rings. The molecule has 29 heavy (non-hydrogen) atoms. The van der Waals surface area contributed by atoms with E-state index in [1.165, 1.54) is 0 Å². The second kappa shape index (κ2) is 9.60. The summed E-state index contributed by atoms with van der Waals surface area (Å²) in [5, 5.41) is 11.8. The topological polar surface area (TPSA) is 91.7 Å². The lowest BCUT2D eigenvalue weighted by Gasteiger charge is -2.16. The fraction of sp³-hybridized carbons (Fsp3) is 0.318. The molecule has 2 aromatic rings. The number of benzene rings is 2. The fourth-order valence-corrected chi connectivity index (χ4v) is 3.14. The molecule has 7 heteroatoms. The Labute approximate surface area is 169 Å². The minimum atomic E-state index is -0.314. The summed E-state index contributed by atoms with van der Waals surface area (Å²) in [5.74, 6) is 0.686. The summed E-state index contributed by atoms with van der Waals surface area (Å²) in [7, 11) is 0. The Morgan fingerprint density at radius 1 is 1.21 bits per heavy atom. The summed E-state index contributed by atoms with van der Waals surface area (Å²) in [6.45, 7) is 3.38. The van der Waals surface area contributed by atoms with Crippen molar-refractivity contribution in [3.63, 3.8) is 0 Å². The number of carbonyl (C=O) groups is 2. The first-order valence-corrected chi connectivity index (χ1v) is 9.55. The van der Waals surface area contributed by atoms with Crippen LogP contribution in [0.25, 0.3) is 0 Å². The van der Waals surface area contributed by atoms with Crippen molar-refractivity contribution in [3.8, 4) is 17.6 Å². The quantitative estimate of drug-likeness (QED) is 0.744. The van der Waals surface area contributed by atoms with Crippen molar-refractivity contribution in [1.29, 1.82) is 5.26 Å². The smallest absolute Gasteiger partial charge is 0.262 e. The highest BCUT2D eigenvalue weighted by Gasteiger charge is 2.20. The van der Waals surface area contributed by atoms with Crippen LogP contribution in [0.1, 0.15) is 30.9 Å². The maximum Gasteiger partial charge on any atom is 0.262 e. The third kappa shape index (κ3) is 5.48. The summed E-state index contributed by atoms with van der Waals surface area (Å²) < 4.78 is 11.1. The first-order chi connectivity index (χ1) is 14.1. The molecule has 1 N–H and O–H groups in total. The van der Waals surface area contributed by atoms with Crippen LogP contribution >= 0.6 is 0 Å². The van der Waals surface area contributed by atoms with Crippen LogP contribution in [-0.2, 0) is 16.1 Å². The summed E-state index contributed by atoms with van der Waals surface area (Å²) in [6.07, 6.45) is 1.50. The monoisotopic (exact) mass is 393 g/mol. The Morgan fingerprint density at radius 3 is 2.79 bits per heavy atom. The minimum Gasteiger partial charge on any atom is -0.490 e. The molecule has 0 saturated carbocycles. The molecular weight excluding hydrogens is 370 g/mol. The number of likely N-dealkylation sites (tertiary alicyclic amines) is 1. The van der Waals surface area contributed by atoms with Gasteiger partial charge in [-0.15, -0.1) is 0 Å². The highest BCUT2D eigenvalue weighted by Crippen LogP contribution is 2.28. The molecule has 0 aromatic heterocycles. The lowest BCUT2D eigenvalue weighted by atomic mass is 10.2. The molecule has 0 radical (unpaired) electrons. The summed E-state index contributed by atoms with van der Waals surface area (Å²) >= 11 is 0. The van der Waals surface area contributed by atoms with Crippen LogP contribution in [0.2, 0.25) is 0 Å². The predicted molar refractivity (Wildman–Crippen MR) is 108 cm³/mol. The van der Waals surface area contributed by atoms with E-state index in [1.54, 1.807) is 24.3 Å². The average Bonchev–Trinajstić information content (AvgIpc) is 3.12. The molecule has 1 heterocycles. The highest BCUT2D eigenvalue weighted by molar-refractivity contribution is 5.92. The Hall–Kier alpha value is -3.53. The number of ether oxygens (including phenoxy) is 2. The number of anilines is 1. The molecule has 0 aliphatic carbocycles. The van der Waals surface area contributed by atoms with Gasteiger partial charge in [0.05, 0.1) is 18.2 Å². The van der Waals surface area contributed by atoms with Gasteiger partial charge in [0.25, 0.3) is 5.91 Å². The van der Waals surface area contributed by atoms with E-state index in [4.69, 9.17) is 14.7 Å². The number of rotatable bonds is 8. The van der Waals surface area contributed by atoms with Gasteiger partial charge in [-0.1, -0.05) is 12.1 Å². The normalized spacial score (nSPS) is 13.1. The van der Waals surface area contributed by atoms with E-state index >= 15 is 0 Å². The molecule has 1 aliphatic heterocycles. The predicted octanol–water partition coefficient (Wildman–Crippen LogP) is 3.10. The lowest BCUT2D eigenvalue weighted by molar-refractivity contribution is -0.128. The second-order valence-electron chi connectivity index (χ2n) is 6.66. The molecule has 3 rings (SSSR count).